The largest absolute Gasteiger partial charge is 0.325 e. The normalized spacial score (nSPS) is 15.4. The highest BCUT2D eigenvalue weighted by molar-refractivity contribution is 7.91. The average Bonchev–Trinajstić information content (AvgIpc) is 3.36. The van der Waals surface area contributed by atoms with Crippen LogP contribution in [0.4, 0.5) is 5.69 Å². The predicted molar refractivity (Wildman–Crippen MR) is 125 cm³/mol. The molecule has 32 heavy (non-hydrogen) atoms. The molecule has 8 heteroatoms. The van der Waals surface area contributed by atoms with Gasteiger partial charge in [-0.3, -0.25) is 9.59 Å². The number of carbonyl (C=O) groups excluding carboxylic acids is 2. The molecule has 2 aromatic carbocycles. The van der Waals surface area contributed by atoms with Crippen LogP contribution in [0.1, 0.15) is 34.3 Å². The zero-order valence-electron chi connectivity index (χ0n) is 17.7. The number of aryl methyl sites for hydroxylation is 1. The Labute approximate surface area is 191 Å². The second kappa shape index (κ2) is 9.36. The van der Waals surface area contributed by atoms with Crippen LogP contribution in [0.15, 0.2) is 70.3 Å². The van der Waals surface area contributed by atoms with Gasteiger partial charge in [-0.15, -0.1) is 11.3 Å². The topological polar surface area (TPSA) is 83.6 Å². The molecule has 4 rings (SSSR count). The standard InChI is InChI=1S/C24H24N2O4S2/c1-17-9-10-21(20(16-17)23(27)18-6-3-2-4-7-18)25-24(28)19-11-13-26(14-12-19)32(29,30)22-8-5-15-31-22/h2-10,15-16,19H,11-14H2,1H3,(H,25,28). The van der Waals surface area contributed by atoms with Gasteiger partial charge in [0.25, 0.3) is 10.0 Å². The monoisotopic (exact) mass is 468 g/mol. The lowest BCUT2D eigenvalue weighted by Crippen LogP contribution is -2.41. The Balaban J connectivity index is 1.46. The van der Waals surface area contributed by atoms with Gasteiger partial charge in [-0.05, 0) is 43.3 Å². The molecule has 1 aromatic heterocycles. The van der Waals surface area contributed by atoms with Crippen molar-refractivity contribution in [2.75, 3.05) is 18.4 Å². The molecule has 0 saturated carbocycles. The summed E-state index contributed by atoms with van der Waals surface area (Å²) in [6.45, 7) is 2.49. The van der Waals surface area contributed by atoms with Gasteiger partial charge in [0.1, 0.15) is 4.21 Å². The van der Waals surface area contributed by atoms with E-state index < -0.39 is 10.0 Å². The fourth-order valence-corrected chi connectivity index (χ4v) is 6.44. The molecular formula is C24H24N2O4S2. The summed E-state index contributed by atoms with van der Waals surface area (Å²) >= 11 is 1.20. The van der Waals surface area contributed by atoms with Crippen LogP contribution in [0.25, 0.3) is 0 Å². The zero-order chi connectivity index (χ0) is 22.7. The molecule has 0 aliphatic carbocycles. The van der Waals surface area contributed by atoms with E-state index in [0.29, 0.717) is 47.0 Å². The van der Waals surface area contributed by atoms with Crippen molar-refractivity contribution in [1.82, 2.24) is 4.31 Å². The number of amides is 1. The first-order chi connectivity index (χ1) is 15.4. The molecule has 2 heterocycles. The first-order valence-corrected chi connectivity index (χ1v) is 12.7. The summed E-state index contributed by atoms with van der Waals surface area (Å²) in [4.78, 5) is 26.0. The van der Waals surface area contributed by atoms with Crippen molar-refractivity contribution in [3.63, 3.8) is 0 Å². The fraction of sp³-hybridized carbons (Fsp3) is 0.250. The Hall–Kier alpha value is -2.81. The van der Waals surface area contributed by atoms with Crippen molar-refractivity contribution in [3.05, 3.63) is 82.7 Å². The van der Waals surface area contributed by atoms with E-state index in [0.717, 1.165) is 5.56 Å². The minimum absolute atomic E-state index is 0.151. The number of hydrogen-bond donors (Lipinski definition) is 1. The Bertz CT molecular complexity index is 1210. The maximum Gasteiger partial charge on any atom is 0.252 e. The summed E-state index contributed by atoms with van der Waals surface area (Å²) < 4.78 is 27.2. The van der Waals surface area contributed by atoms with Crippen LogP contribution in [0, 0.1) is 12.8 Å². The maximum absolute atomic E-state index is 13.0. The lowest BCUT2D eigenvalue weighted by atomic mass is 9.96. The third kappa shape index (κ3) is 4.67. The van der Waals surface area contributed by atoms with Crippen LogP contribution < -0.4 is 5.32 Å². The summed E-state index contributed by atoms with van der Waals surface area (Å²) in [5.41, 5.74) is 2.40. The van der Waals surface area contributed by atoms with Gasteiger partial charge in [0.2, 0.25) is 5.91 Å². The highest BCUT2D eigenvalue weighted by Gasteiger charge is 2.33. The molecule has 0 bridgehead atoms. The SMILES string of the molecule is Cc1ccc(NC(=O)C2CCN(S(=O)(=O)c3cccs3)CC2)c(C(=O)c2ccccc2)c1. The summed E-state index contributed by atoms with van der Waals surface area (Å²) in [5, 5.41) is 4.65. The lowest BCUT2D eigenvalue weighted by Gasteiger charge is -2.30. The van der Waals surface area contributed by atoms with E-state index in [1.54, 1.807) is 53.9 Å². The second-order valence-corrected chi connectivity index (χ2v) is 11.0. The van der Waals surface area contributed by atoms with Crippen molar-refractivity contribution in [3.8, 4) is 0 Å². The molecule has 166 valence electrons. The van der Waals surface area contributed by atoms with Crippen molar-refractivity contribution in [2.45, 2.75) is 24.0 Å². The number of sulfonamides is 1. The number of nitrogens with zero attached hydrogens (tertiary/aromatic N) is 1. The van der Waals surface area contributed by atoms with Gasteiger partial charge in [0.05, 0.1) is 5.69 Å². The maximum atomic E-state index is 13.0. The number of thiophene rings is 1. The van der Waals surface area contributed by atoms with E-state index in [9.17, 15) is 18.0 Å². The Morgan fingerprint density at radius 1 is 1.00 bits per heavy atom. The van der Waals surface area contributed by atoms with Crippen molar-refractivity contribution < 1.29 is 18.0 Å². The van der Waals surface area contributed by atoms with Crippen molar-refractivity contribution in [2.24, 2.45) is 5.92 Å². The average molecular weight is 469 g/mol. The predicted octanol–water partition coefficient (Wildman–Crippen LogP) is 4.33. The summed E-state index contributed by atoms with van der Waals surface area (Å²) in [5.74, 6) is -0.656. The number of carbonyl (C=O) groups is 2. The van der Waals surface area contributed by atoms with E-state index in [4.69, 9.17) is 0 Å². The molecule has 0 atom stereocenters. The number of benzene rings is 2. The molecule has 1 aliphatic heterocycles. The first kappa shape index (κ1) is 22.4. The molecular weight excluding hydrogens is 444 g/mol. The van der Waals surface area contributed by atoms with Crippen LogP contribution in [0.3, 0.4) is 0 Å². The van der Waals surface area contributed by atoms with Gasteiger partial charge in [-0.25, -0.2) is 8.42 Å². The summed E-state index contributed by atoms with van der Waals surface area (Å²) in [6.07, 6.45) is 0.870. The van der Waals surface area contributed by atoms with E-state index in [1.165, 1.54) is 15.6 Å². The van der Waals surface area contributed by atoms with Crippen molar-refractivity contribution in [1.29, 1.82) is 0 Å². The smallest absolute Gasteiger partial charge is 0.252 e. The molecule has 1 saturated heterocycles. The van der Waals surface area contributed by atoms with E-state index >= 15 is 0 Å². The summed E-state index contributed by atoms with van der Waals surface area (Å²) in [7, 11) is -3.50. The minimum Gasteiger partial charge on any atom is -0.325 e. The Kier molecular flexibility index (Phi) is 6.55. The van der Waals surface area contributed by atoms with Gasteiger partial charge in [-0.1, -0.05) is 48.0 Å². The van der Waals surface area contributed by atoms with Gasteiger partial charge in [0, 0.05) is 30.1 Å². The summed E-state index contributed by atoms with van der Waals surface area (Å²) in [6, 6.07) is 17.7. The van der Waals surface area contributed by atoms with Gasteiger partial charge >= 0.3 is 0 Å². The first-order valence-electron chi connectivity index (χ1n) is 10.4. The van der Waals surface area contributed by atoms with Gasteiger partial charge in [0.15, 0.2) is 5.78 Å². The third-order valence-electron chi connectivity index (χ3n) is 5.63. The number of piperidine rings is 1. The van der Waals surface area contributed by atoms with E-state index in [1.807, 2.05) is 19.1 Å². The highest BCUT2D eigenvalue weighted by atomic mass is 32.2. The molecule has 0 spiro atoms. The molecule has 1 N–H and O–H groups in total. The van der Waals surface area contributed by atoms with Crippen molar-refractivity contribution >= 4 is 38.7 Å². The van der Waals surface area contributed by atoms with Gasteiger partial charge < -0.3 is 5.32 Å². The number of ketones is 1. The fourth-order valence-electron chi connectivity index (χ4n) is 3.83. The van der Waals surface area contributed by atoms with Crippen LogP contribution in [0.5, 0.6) is 0 Å². The van der Waals surface area contributed by atoms with Crippen LogP contribution in [-0.2, 0) is 14.8 Å². The number of nitrogens with one attached hydrogen (secondary N) is 1. The van der Waals surface area contributed by atoms with E-state index in [-0.39, 0.29) is 17.6 Å². The Morgan fingerprint density at radius 2 is 1.72 bits per heavy atom. The minimum atomic E-state index is -3.50. The lowest BCUT2D eigenvalue weighted by molar-refractivity contribution is -0.120. The molecule has 0 radical (unpaired) electrons. The Morgan fingerprint density at radius 3 is 2.38 bits per heavy atom. The molecule has 3 aromatic rings. The number of rotatable bonds is 6. The van der Waals surface area contributed by atoms with Crippen LogP contribution in [-0.4, -0.2) is 37.5 Å². The number of anilines is 1. The van der Waals surface area contributed by atoms with Gasteiger partial charge in [-0.2, -0.15) is 4.31 Å². The number of hydrogen-bond acceptors (Lipinski definition) is 5. The highest BCUT2D eigenvalue weighted by Crippen LogP contribution is 2.28. The second-order valence-electron chi connectivity index (χ2n) is 7.84. The quantitative estimate of drug-likeness (QED) is 0.546. The molecule has 0 unspecified atom stereocenters. The van der Waals surface area contributed by atoms with E-state index in [2.05, 4.69) is 5.32 Å². The van der Waals surface area contributed by atoms with Crippen LogP contribution in [0.2, 0.25) is 0 Å². The molecule has 6 nitrogen and oxygen atoms in total. The third-order valence-corrected chi connectivity index (χ3v) is 8.90. The van der Waals surface area contributed by atoms with Crippen LogP contribution >= 0.6 is 11.3 Å². The molecule has 1 amide bonds. The molecule has 1 fully saturated rings. The molecule has 1 aliphatic rings. The zero-order valence-corrected chi connectivity index (χ0v) is 19.3.